The Morgan fingerprint density at radius 2 is 1.77 bits per heavy atom. The van der Waals surface area contributed by atoms with E-state index in [9.17, 15) is 10.1 Å². The first-order chi connectivity index (χ1) is 12.7. The van der Waals surface area contributed by atoms with Crippen LogP contribution in [0.2, 0.25) is 0 Å². The lowest BCUT2D eigenvalue weighted by molar-refractivity contribution is 0.168. The van der Waals surface area contributed by atoms with Crippen LogP contribution < -0.4 is 5.32 Å². The van der Waals surface area contributed by atoms with Crippen molar-refractivity contribution in [1.82, 2.24) is 10.2 Å². The Labute approximate surface area is 154 Å². The minimum atomic E-state index is -0.474. The van der Waals surface area contributed by atoms with Crippen LogP contribution in [0.5, 0.6) is 0 Å². The maximum Gasteiger partial charge on any atom is 0.317 e. The average molecular weight is 345 g/mol. The standard InChI is InChI=1S/C22H23N3O/c23-16-22(18-7-2-1-3-8-18)12-14-25(15-13-22)21(26)24-20-11-10-17-6-4-5-9-19(17)20/h1-9,20H,10-15H2,(H,24,26)/t20-/m0/s1. The summed E-state index contributed by atoms with van der Waals surface area (Å²) in [6.07, 6.45) is 3.35. The minimum Gasteiger partial charge on any atom is -0.331 e. The molecule has 26 heavy (non-hydrogen) atoms. The lowest BCUT2D eigenvalue weighted by atomic mass is 9.74. The van der Waals surface area contributed by atoms with Gasteiger partial charge in [-0.05, 0) is 42.4 Å². The van der Waals surface area contributed by atoms with Crippen LogP contribution >= 0.6 is 0 Å². The van der Waals surface area contributed by atoms with Crippen LogP contribution in [0.3, 0.4) is 0 Å². The highest BCUT2D eigenvalue weighted by Gasteiger charge is 2.38. The van der Waals surface area contributed by atoms with E-state index in [1.165, 1.54) is 11.1 Å². The molecule has 4 nitrogen and oxygen atoms in total. The SMILES string of the molecule is N#CC1(c2ccccc2)CCN(C(=O)N[C@H]2CCc3ccccc32)CC1. The van der Waals surface area contributed by atoms with Crippen LogP contribution in [0.15, 0.2) is 54.6 Å². The van der Waals surface area contributed by atoms with Gasteiger partial charge in [0, 0.05) is 13.1 Å². The molecule has 1 heterocycles. The normalized spacial score (nSPS) is 20.9. The van der Waals surface area contributed by atoms with E-state index in [2.05, 4.69) is 29.6 Å². The second-order valence-corrected chi connectivity index (χ2v) is 7.29. The molecule has 2 amide bonds. The molecule has 2 aliphatic rings. The van der Waals surface area contributed by atoms with Crippen LogP contribution in [0.25, 0.3) is 0 Å². The molecule has 0 radical (unpaired) electrons. The average Bonchev–Trinajstić information content (AvgIpc) is 3.11. The molecule has 0 unspecified atom stereocenters. The third-order valence-electron chi connectivity index (χ3n) is 5.88. The molecular formula is C22H23N3O. The summed E-state index contributed by atoms with van der Waals surface area (Å²) in [7, 11) is 0. The number of hydrogen-bond acceptors (Lipinski definition) is 2. The molecule has 1 fully saturated rings. The first kappa shape index (κ1) is 16.7. The maximum absolute atomic E-state index is 12.7. The third-order valence-corrected chi connectivity index (χ3v) is 5.88. The molecule has 132 valence electrons. The monoisotopic (exact) mass is 345 g/mol. The minimum absolute atomic E-state index is 0.00805. The van der Waals surface area contributed by atoms with Crippen LogP contribution in [0, 0.1) is 11.3 Å². The van der Waals surface area contributed by atoms with E-state index in [0.29, 0.717) is 25.9 Å². The van der Waals surface area contributed by atoms with Crippen LogP contribution in [0.4, 0.5) is 4.79 Å². The van der Waals surface area contributed by atoms with Gasteiger partial charge in [-0.3, -0.25) is 0 Å². The molecule has 1 atom stereocenters. The number of benzene rings is 2. The van der Waals surface area contributed by atoms with Crippen molar-refractivity contribution in [2.45, 2.75) is 37.1 Å². The zero-order chi connectivity index (χ0) is 18.0. The first-order valence-electron chi connectivity index (χ1n) is 9.32. The Morgan fingerprint density at radius 1 is 1.08 bits per heavy atom. The lowest BCUT2D eigenvalue weighted by Crippen LogP contribution is -2.48. The fourth-order valence-corrected chi connectivity index (χ4v) is 4.26. The van der Waals surface area contributed by atoms with E-state index >= 15 is 0 Å². The van der Waals surface area contributed by atoms with Gasteiger partial charge in [-0.1, -0.05) is 54.6 Å². The Kier molecular flexibility index (Phi) is 4.38. The molecule has 4 heteroatoms. The van der Waals surface area contributed by atoms with Crippen molar-refractivity contribution in [3.05, 3.63) is 71.3 Å². The van der Waals surface area contributed by atoms with Gasteiger partial charge < -0.3 is 10.2 Å². The predicted octanol–water partition coefficient (Wildman–Crippen LogP) is 3.94. The van der Waals surface area contributed by atoms with Crippen LogP contribution in [0.1, 0.15) is 42.0 Å². The van der Waals surface area contributed by atoms with E-state index in [4.69, 9.17) is 0 Å². The van der Waals surface area contributed by atoms with Crippen molar-refractivity contribution in [3.63, 3.8) is 0 Å². The van der Waals surface area contributed by atoms with Crippen LogP contribution in [-0.4, -0.2) is 24.0 Å². The molecule has 2 aromatic carbocycles. The highest BCUT2D eigenvalue weighted by molar-refractivity contribution is 5.75. The molecular weight excluding hydrogens is 322 g/mol. The topological polar surface area (TPSA) is 56.1 Å². The lowest BCUT2D eigenvalue weighted by Gasteiger charge is -2.38. The van der Waals surface area contributed by atoms with Crippen molar-refractivity contribution < 1.29 is 4.79 Å². The number of carbonyl (C=O) groups is 1. The van der Waals surface area contributed by atoms with Crippen molar-refractivity contribution in [3.8, 4) is 6.07 Å². The van der Waals surface area contributed by atoms with Gasteiger partial charge in [0.15, 0.2) is 0 Å². The number of fused-ring (bicyclic) bond motifs is 1. The van der Waals surface area contributed by atoms with Crippen molar-refractivity contribution >= 4 is 6.03 Å². The molecule has 4 rings (SSSR count). The summed E-state index contributed by atoms with van der Waals surface area (Å²) in [6, 6.07) is 20.9. The summed E-state index contributed by atoms with van der Waals surface area (Å²) in [5, 5.41) is 13.0. The summed E-state index contributed by atoms with van der Waals surface area (Å²) in [5.41, 5.74) is 3.17. The molecule has 1 N–H and O–H groups in total. The quantitative estimate of drug-likeness (QED) is 0.896. The number of carbonyl (C=O) groups excluding carboxylic acids is 1. The summed E-state index contributed by atoms with van der Waals surface area (Å²) in [5.74, 6) is 0. The number of nitriles is 1. The first-order valence-corrected chi connectivity index (χ1v) is 9.32. The Hall–Kier alpha value is -2.80. The zero-order valence-electron chi connectivity index (χ0n) is 14.8. The van der Waals surface area contributed by atoms with E-state index in [1.54, 1.807) is 0 Å². The Balaban J connectivity index is 1.41. The number of nitrogens with one attached hydrogen (secondary N) is 1. The molecule has 2 aromatic rings. The number of urea groups is 1. The van der Waals surface area contributed by atoms with Gasteiger partial charge in [0.2, 0.25) is 0 Å². The van der Waals surface area contributed by atoms with E-state index in [0.717, 1.165) is 18.4 Å². The van der Waals surface area contributed by atoms with Crippen LogP contribution in [-0.2, 0) is 11.8 Å². The van der Waals surface area contributed by atoms with Gasteiger partial charge in [-0.25, -0.2) is 4.79 Å². The van der Waals surface area contributed by atoms with Gasteiger partial charge in [0.05, 0.1) is 17.5 Å². The summed E-state index contributed by atoms with van der Waals surface area (Å²) < 4.78 is 0. The number of nitrogens with zero attached hydrogens (tertiary/aromatic N) is 2. The summed E-state index contributed by atoms with van der Waals surface area (Å²) in [6.45, 7) is 1.23. The van der Waals surface area contributed by atoms with Crippen molar-refractivity contribution in [2.75, 3.05) is 13.1 Å². The van der Waals surface area contributed by atoms with Crippen molar-refractivity contribution in [1.29, 1.82) is 5.26 Å². The summed E-state index contributed by atoms with van der Waals surface area (Å²) in [4.78, 5) is 14.6. The second kappa shape index (κ2) is 6.84. The second-order valence-electron chi connectivity index (χ2n) is 7.29. The molecule has 1 saturated heterocycles. The van der Waals surface area contributed by atoms with Gasteiger partial charge >= 0.3 is 6.03 Å². The fraction of sp³-hybridized carbons (Fsp3) is 0.364. The molecule has 0 aromatic heterocycles. The number of amides is 2. The van der Waals surface area contributed by atoms with Gasteiger partial charge in [0.25, 0.3) is 0 Å². The molecule has 1 aliphatic carbocycles. The third kappa shape index (κ3) is 2.94. The Bertz CT molecular complexity index is 832. The fourth-order valence-electron chi connectivity index (χ4n) is 4.26. The van der Waals surface area contributed by atoms with Crippen molar-refractivity contribution in [2.24, 2.45) is 0 Å². The van der Waals surface area contributed by atoms with Gasteiger partial charge in [0.1, 0.15) is 0 Å². The van der Waals surface area contributed by atoms with Gasteiger partial charge in [-0.15, -0.1) is 0 Å². The highest BCUT2D eigenvalue weighted by atomic mass is 16.2. The summed E-state index contributed by atoms with van der Waals surface area (Å²) >= 11 is 0. The molecule has 0 saturated carbocycles. The number of hydrogen-bond donors (Lipinski definition) is 1. The van der Waals surface area contributed by atoms with Gasteiger partial charge in [-0.2, -0.15) is 5.26 Å². The molecule has 0 spiro atoms. The highest BCUT2D eigenvalue weighted by Crippen LogP contribution is 2.35. The number of rotatable bonds is 2. The maximum atomic E-state index is 12.7. The number of piperidine rings is 1. The number of likely N-dealkylation sites (tertiary alicyclic amines) is 1. The molecule has 0 bridgehead atoms. The predicted molar refractivity (Wildman–Crippen MR) is 101 cm³/mol. The molecule has 1 aliphatic heterocycles. The van der Waals surface area contributed by atoms with E-state index < -0.39 is 5.41 Å². The van der Waals surface area contributed by atoms with E-state index in [-0.39, 0.29) is 12.1 Å². The number of aryl methyl sites for hydroxylation is 1. The Morgan fingerprint density at radius 3 is 2.50 bits per heavy atom. The largest absolute Gasteiger partial charge is 0.331 e. The smallest absolute Gasteiger partial charge is 0.317 e. The zero-order valence-corrected chi connectivity index (χ0v) is 14.8. The van der Waals surface area contributed by atoms with E-state index in [1.807, 2.05) is 41.3 Å².